The molecule has 0 radical (unpaired) electrons. The normalized spacial score (nSPS) is 15.4. The Morgan fingerprint density at radius 2 is 2.00 bits per heavy atom. The minimum absolute atomic E-state index is 0.0783. The molecule has 8 heteroatoms. The van der Waals surface area contributed by atoms with Crippen LogP contribution in [0.25, 0.3) is 11.2 Å². The van der Waals surface area contributed by atoms with Crippen LogP contribution in [0.2, 0.25) is 0 Å². The summed E-state index contributed by atoms with van der Waals surface area (Å²) >= 11 is 1.80. The number of hydrogen-bond donors (Lipinski definition) is 1. The van der Waals surface area contributed by atoms with Crippen LogP contribution < -0.4 is 5.32 Å². The third-order valence-electron chi connectivity index (χ3n) is 5.66. The highest BCUT2D eigenvalue weighted by Crippen LogP contribution is 2.18. The molecule has 0 aromatic carbocycles. The van der Waals surface area contributed by atoms with Gasteiger partial charge in [0.05, 0.1) is 24.1 Å². The summed E-state index contributed by atoms with van der Waals surface area (Å²) in [4.78, 5) is 29.9. The number of thiophene rings is 1. The summed E-state index contributed by atoms with van der Waals surface area (Å²) in [5.74, 6) is -0.0783. The van der Waals surface area contributed by atoms with Crippen LogP contribution in [0.5, 0.6) is 0 Å². The van der Waals surface area contributed by atoms with Crippen molar-refractivity contribution in [2.75, 3.05) is 13.1 Å². The van der Waals surface area contributed by atoms with E-state index in [9.17, 15) is 4.79 Å². The van der Waals surface area contributed by atoms with Gasteiger partial charge in [0.1, 0.15) is 5.52 Å². The predicted octanol–water partition coefficient (Wildman–Crippen LogP) is 3.33. The van der Waals surface area contributed by atoms with Gasteiger partial charge in [-0.2, -0.15) is 0 Å². The van der Waals surface area contributed by atoms with E-state index in [2.05, 4.69) is 42.7 Å². The molecule has 158 valence electrons. The van der Waals surface area contributed by atoms with Gasteiger partial charge in [0.25, 0.3) is 5.91 Å². The van der Waals surface area contributed by atoms with Crippen LogP contribution in [-0.2, 0) is 13.1 Å². The Morgan fingerprint density at radius 1 is 1.10 bits per heavy atom. The van der Waals surface area contributed by atoms with Crippen LogP contribution in [0.3, 0.4) is 0 Å². The van der Waals surface area contributed by atoms with Crippen molar-refractivity contribution in [3.63, 3.8) is 0 Å². The van der Waals surface area contributed by atoms with Gasteiger partial charge in [-0.25, -0.2) is 9.97 Å². The number of carbonyl (C=O) groups excluding carboxylic acids is 1. The van der Waals surface area contributed by atoms with E-state index in [0.717, 1.165) is 43.8 Å². The summed E-state index contributed by atoms with van der Waals surface area (Å²) in [5, 5.41) is 5.30. The molecular formula is C23H24N6OS. The first-order chi connectivity index (χ1) is 15.2. The molecule has 1 fully saturated rings. The molecule has 0 aliphatic carbocycles. The summed E-state index contributed by atoms with van der Waals surface area (Å²) in [6.45, 7) is 3.59. The summed E-state index contributed by atoms with van der Waals surface area (Å²) < 4.78 is 1.95. The number of fused-ring (bicyclic) bond motifs is 1. The molecule has 0 unspecified atom stereocenters. The molecular weight excluding hydrogens is 408 g/mol. The summed E-state index contributed by atoms with van der Waals surface area (Å²) in [6.07, 6.45) is 7.09. The number of carbonyl (C=O) groups is 1. The largest absolute Gasteiger partial charge is 0.349 e. The van der Waals surface area contributed by atoms with Crippen LogP contribution in [0.4, 0.5) is 0 Å². The maximum atomic E-state index is 12.8. The Bertz CT molecular complexity index is 1150. The van der Waals surface area contributed by atoms with E-state index in [1.807, 2.05) is 28.8 Å². The van der Waals surface area contributed by atoms with E-state index in [4.69, 9.17) is 0 Å². The quantitative estimate of drug-likeness (QED) is 0.506. The molecule has 1 saturated heterocycles. The lowest BCUT2D eigenvalue weighted by Gasteiger charge is -2.32. The molecule has 31 heavy (non-hydrogen) atoms. The highest BCUT2D eigenvalue weighted by Gasteiger charge is 2.22. The number of aromatic nitrogens is 4. The first kappa shape index (κ1) is 19.8. The summed E-state index contributed by atoms with van der Waals surface area (Å²) in [5.41, 5.74) is 2.96. The Balaban J connectivity index is 1.19. The Morgan fingerprint density at radius 3 is 2.77 bits per heavy atom. The van der Waals surface area contributed by atoms with Crippen molar-refractivity contribution >= 4 is 28.4 Å². The molecule has 5 rings (SSSR count). The maximum absolute atomic E-state index is 12.8. The zero-order valence-corrected chi connectivity index (χ0v) is 18.0. The van der Waals surface area contributed by atoms with Gasteiger partial charge in [0, 0.05) is 42.9 Å². The average molecular weight is 433 g/mol. The third kappa shape index (κ3) is 4.65. The van der Waals surface area contributed by atoms with Crippen molar-refractivity contribution in [2.24, 2.45) is 0 Å². The van der Waals surface area contributed by atoms with Crippen LogP contribution in [0.15, 0.2) is 60.5 Å². The fraction of sp³-hybridized carbons (Fsp3) is 0.304. The second-order valence-corrected chi connectivity index (χ2v) is 8.90. The Kier molecular flexibility index (Phi) is 5.73. The number of amides is 1. The molecule has 0 saturated carbocycles. The van der Waals surface area contributed by atoms with E-state index in [1.165, 1.54) is 4.88 Å². The molecule has 4 aromatic rings. The monoisotopic (exact) mass is 432 g/mol. The molecule has 1 aliphatic heterocycles. The number of imidazole rings is 1. The minimum atomic E-state index is -0.0783. The van der Waals surface area contributed by atoms with Crippen LogP contribution in [0.1, 0.15) is 33.8 Å². The topological polar surface area (TPSA) is 75.9 Å². The zero-order valence-electron chi connectivity index (χ0n) is 17.1. The third-order valence-corrected chi connectivity index (χ3v) is 6.52. The van der Waals surface area contributed by atoms with Crippen LogP contribution in [-0.4, -0.2) is 49.5 Å². The van der Waals surface area contributed by atoms with E-state index in [0.29, 0.717) is 17.6 Å². The van der Waals surface area contributed by atoms with Crippen molar-refractivity contribution in [1.82, 2.24) is 29.7 Å². The van der Waals surface area contributed by atoms with E-state index < -0.39 is 0 Å². The SMILES string of the molecule is O=C(NC1CCN(Cc2cccs2)CC1)c1cnc2c(c1)ncn2Cc1ccccn1. The van der Waals surface area contributed by atoms with Gasteiger partial charge in [-0.05, 0) is 42.5 Å². The lowest BCUT2D eigenvalue weighted by molar-refractivity contribution is 0.0909. The summed E-state index contributed by atoms with van der Waals surface area (Å²) in [6, 6.07) is 12.1. The smallest absolute Gasteiger partial charge is 0.253 e. The maximum Gasteiger partial charge on any atom is 0.253 e. The number of nitrogens with zero attached hydrogens (tertiary/aromatic N) is 5. The summed E-state index contributed by atoms with van der Waals surface area (Å²) in [7, 11) is 0. The van der Waals surface area contributed by atoms with Crippen molar-refractivity contribution in [1.29, 1.82) is 0 Å². The van der Waals surface area contributed by atoms with Gasteiger partial charge < -0.3 is 9.88 Å². The number of piperidine rings is 1. The first-order valence-electron chi connectivity index (χ1n) is 10.5. The van der Waals surface area contributed by atoms with Gasteiger partial charge >= 0.3 is 0 Å². The number of rotatable bonds is 6. The van der Waals surface area contributed by atoms with Crippen molar-refractivity contribution in [3.05, 3.63) is 76.6 Å². The molecule has 0 spiro atoms. The van der Waals surface area contributed by atoms with Gasteiger partial charge in [-0.1, -0.05) is 12.1 Å². The molecule has 0 bridgehead atoms. The van der Waals surface area contributed by atoms with E-state index in [-0.39, 0.29) is 11.9 Å². The van der Waals surface area contributed by atoms with Gasteiger partial charge in [0.15, 0.2) is 5.65 Å². The lowest BCUT2D eigenvalue weighted by atomic mass is 10.0. The van der Waals surface area contributed by atoms with Gasteiger partial charge in [-0.3, -0.25) is 14.7 Å². The van der Waals surface area contributed by atoms with Gasteiger partial charge in [-0.15, -0.1) is 11.3 Å². The highest BCUT2D eigenvalue weighted by molar-refractivity contribution is 7.09. The standard InChI is InChI=1S/C23H24N6OS/c30-23(27-18-6-9-28(10-7-18)15-20-5-3-11-31-20)17-12-21-22(25-13-17)29(16-26-21)14-19-4-1-2-8-24-19/h1-5,8,11-13,16,18H,6-7,9-10,14-15H2,(H,27,30). The molecule has 5 heterocycles. The van der Waals surface area contributed by atoms with Crippen molar-refractivity contribution < 1.29 is 4.79 Å². The number of hydrogen-bond acceptors (Lipinski definition) is 6. The zero-order chi connectivity index (χ0) is 21.0. The molecule has 4 aromatic heterocycles. The molecule has 7 nitrogen and oxygen atoms in total. The second kappa shape index (κ2) is 8.95. The van der Waals surface area contributed by atoms with Crippen molar-refractivity contribution in [3.8, 4) is 0 Å². The van der Waals surface area contributed by atoms with Crippen molar-refractivity contribution in [2.45, 2.75) is 32.0 Å². The molecule has 1 N–H and O–H groups in total. The molecule has 1 aliphatic rings. The minimum Gasteiger partial charge on any atom is -0.349 e. The first-order valence-corrected chi connectivity index (χ1v) is 11.4. The number of likely N-dealkylation sites (tertiary alicyclic amines) is 1. The second-order valence-electron chi connectivity index (χ2n) is 7.86. The van der Waals surface area contributed by atoms with Crippen LogP contribution in [0, 0.1) is 0 Å². The fourth-order valence-electron chi connectivity index (χ4n) is 3.98. The van der Waals surface area contributed by atoms with Gasteiger partial charge in [0.2, 0.25) is 0 Å². The Labute approximate surface area is 184 Å². The molecule has 0 atom stereocenters. The lowest BCUT2D eigenvalue weighted by Crippen LogP contribution is -2.44. The predicted molar refractivity (Wildman–Crippen MR) is 121 cm³/mol. The fourth-order valence-corrected chi connectivity index (χ4v) is 4.73. The average Bonchev–Trinajstić information content (AvgIpc) is 3.46. The highest BCUT2D eigenvalue weighted by atomic mass is 32.1. The number of nitrogens with one attached hydrogen (secondary N) is 1. The molecule has 1 amide bonds. The van der Waals surface area contributed by atoms with E-state index in [1.54, 1.807) is 30.1 Å². The van der Waals surface area contributed by atoms with E-state index >= 15 is 0 Å². The number of pyridine rings is 2. The van der Waals surface area contributed by atoms with Crippen LogP contribution >= 0.6 is 11.3 Å². The Hall–Kier alpha value is -3.10.